The highest BCUT2D eigenvalue weighted by molar-refractivity contribution is 5.92. The van der Waals surface area contributed by atoms with Gasteiger partial charge in [0.2, 0.25) is 5.91 Å². The molecule has 0 aromatic heterocycles. The molecule has 0 saturated carbocycles. The SMILES string of the molecule is CC(C)N(CCC(=O)O)CC(=O)Nc1cc(F)cc(F)c1. The minimum atomic E-state index is -0.951. The first kappa shape index (κ1) is 17.0. The van der Waals surface area contributed by atoms with Crippen molar-refractivity contribution in [2.24, 2.45) is 0 Å². The Bertz CT molecular complexity index is 501. The van der Waals surface area contributed by atoms with E-state index in [4.69, 9.17) is 5.11 Å². The molecule has 0 aliphatic carbocycles. The standard InChI is InChI=1S/C14H18F2N2O3/c1-9(2)18(4-3-14(20)21)8-13(19)17-12-6-10(15)5-11(16)7-12/h5-7,9H,3-4,8H2,1-2H3,(H,17,19)(H,20,21). The maximum Gasteiger partial charge on any atom is 0.304 e. The molecule has 21 heavy (non-hydrogen) atoms. The van der Waals surface area contributed by atoms with Gasteiger partial charge in [-0.05, 0) is 26.0 Å². The minimum Gasteiger partial charge on any atom is -0.481 e. The lowest BCUT2D eigenvalue weighted by molar-refractivity contribution is -0.137. The Balaban J connectivity index is 2.62. The third kappa shape index (κ3) is 6.31. The van der Waals surface area contributed by atoms with Gasteiger partial charge in [-0.25, -0.2) is 8.78 Å². The van der Waals surface area contributed by atoms with Crippen LogP contribution < -0.4 is 5.32 Å². The summed E-state index contributed by atoms with van der Waals surface area (Å²) < 4.78 is 26.0. The Kier molecular flexibility index (Phi) is 6.23. The van der Waals surface area contributed by atoms with Crippen LogP contribution in [0, 0.1) is 11.6 Å². The Morgan fingerprint density at radius 2 is 1.81 bits per heavy atom. The van der Waals surface area contributed by atoms with Crippen LogP contribution in [0.4, 0.5) is 14.5 Å². The van der Waals surface area contributed by atoms with E-state index in [1.54, 1.807) is 4.90 Å². The second-order valence-electron chi connectivity index (χ2n) is 4.91. The van der Waals surface area contributed by atoms with Gasteiger partial charge in [-0.3, -0.25) is 14.5 Å². The molecule has 0 aliphatic rings. The second kappa shape index (κ2) is 7.68. The molecule has 2 N–H and O–H groups in total. The van der Waals surface area contributed by atoms with Crippen LogP contribution in [0.5, 0.6) is 0 Å². The van der Waals surface area contributed by atoms with Crippen LogP contribution in [0.3, 0.4) is 0 Å². The van der Waals surface area contributed by atoms with Crippen molar-refractivity contribution in [2.45, 2.75) is 26.3 Å². The van der Waals surface area contributed by atoms with Crippen molar-refractivity contribution in [2.75, 3.05) is 18.4 Å². The highest BCUT2D eigenvalue weighted by atomic mass is 19.1. The van der Waals surface area contributed by atoms with Gasteiger partial charge in [-0.15, -0.1) is 0 Å². The summed E-state index contributed by atoms with van der Waals surface area (Å²) in [7, 11) is 0. The number of carbonyl (C=O) groups is 2. The summed E-state index contributed by atoms with van der Waals surface area (Å²) in [6, 6.07) is 2.71. The summed E-state index contributed by atoms with van der Waals surface area (Å²) in [5.41, 5.74) is 0.0273. The number of carbonyl (C=O) groups excluding carboxylic acids is 1. The van der Waals surface area contributed by atoms with Crippen molar-refractivity contribution < 1.29 is 23.5 Å². The van der Waals surface area contributed by atoms with Gasteiger partial charge < -0.3 is 10.4 Å². The molecular weight excluding hydrogens is 282 g/mol. The topological polar surface area (TPSA) is 69.6 Å². The molecule has 7 heteroatoms. The van der Waals surface area contributed by atoms with Crippen LogP contribution in [0.1, 0.15) is 20.3 Å². The Hall–Kier alpha value is -2.02. The van der Waals surface area contributed by atoms with Gasteiger partial charge >= 0.3 is 5.97 Å². The van der Waals surface area contributed by atoms with Crippen molar-refractivity contribution in [3.05, 3.63) is 29.8 Å². The lowest BCUT2D eigenvalue weighted by Crippen LogP contribution is -2.39. The Morgan fingerprint density at radius 3 is 2.29 bits per heavy atom. The Labute approximate surface area is 121 Å². The molecule has 116 valence electrons. The first-order chi connectivity index (χ1) is 9.77. The van der Waals surface area contributed by atoms with Crippen molar-refractivity contribution in [3.8, 4) is 0 Å². The number of aliphatic carboxylic acids is 1. The van der Waals surface area contributed by atoms with Gasteiger partial charge in [0.25, 0.3) is 0 Å². The van der Waals surface area contributed by atoms with Gasteiger partial charge in [-0.1, -0.05) is 0 Å². The summed E-state index contributed by atoms with van der Waals surface area (Å²) in [6.07, 6.45) is -0.0833. The maximum atomic E-state index is 13.0. The number of nitrogens with zero attached hydrogens (tertiary/aromatic N) is 1. The van der Waals surface area contributed by atoms with Crippen molar-refractivity contribution >= 4 is 17.6 Å². The molecule has 1 rings (SSSR count). The van der Waals surface area contributed by atoms with E-state index in [1.165, 1.54) is 0 Å². The molecule has 1 aromatic carbocycles. The smallest absolute Gasteiger partial charge is 0.304 e. The number of benzene rings is 1. The zero-order valence-electron chi connectivity index (χ0n) is 11.9. The number of rotatable bonds is 7. The number of carboxylic acid groups (broad SMARTS) is 1. The molecule has 0 saturated heterocycles. The fourth-order valence-electron chi connectivity index (χ4n) is 1.77. The fraction of sp³-hybridized carbons (Fsp3) is 0.429. The number of carboxylic acids is 1. The number of nitrogens with one attached hydrogen (secondary N) is 1. The quantitative estimate of drug-likeness (QED) is 0.809. The molecule has 0 unspecified atom stereocenters. The van der Waals surface area contributed by atoms with Crippen LogP contribution in [0.25, 0.3) is 0 Å². The van der Waals surface area contributed by atoms with Gasteiger partial charge in [-0.2, -0.15) is 0 Å². The second-order valence-corrected chi connectivity index (χ2v) is 4.91. The van der Waals surface area contributed by atoms with E-state index in [-0.39, 0.29) is 31.2 Å². The number of hydrogen-bond donors (Lipinski definition) is 2. The molecule has 1 amide bonds. The first-order valence-electron chi connectivity index (χ1n) is 6.49. The third-order valence-corrected chi connectivity index (χ3v) is 2.84. The van der Waals surface area contributed by atoms with E-state index in [9.17, 15) is 18.4 Å². The predicted octanol–water partition coefficient (Wildman–Crippen LogP) is 2.09. The molecule has 0 aliphatic heterocycles. The lowest BCUT2D eigenvalue weighted by atomic mass is 10.2. The molecule has 0 bridgehead atoms. The van der Waals surface area contributed by atoms with Crippen LogP contribution in [-0.2, 0) is 9.59 Å². The summed E-state index contributed by atoms with van der Waals surface area (Å²) >= 11 is 0. The van der Waals surface area contributed by atoms with Gasteiger partial charge in [0, 0.05) is 24.3 Å². The number of halogens is 2. The molecule has 5 nitrogen and oxygen atoms in total. The zero-order chi connectivity index (χ0) is 16.0. The summed E-state index contributed by atoms with van der Waals surface area (Å²) in [5, 5.41) is 11.1. The molecule has 0 heterocycles. The van der Waals surface area contributed by atoms with E-state index in [0.29, 0.717) is 6.07 Å². The van der Waals surface area contributed by atoms with E-state index >= 15 is 0 Å². The van der Waals surface area contributed by atoms with Crippen molar-refractivity contribution in [1.29, 1.82) is 0 Å². The van der Waals surface area contributed by atoms with E-state index in [0.717, 1.165) is 12.1 Å². The molecule has 0 fully saturated rings. The monoisotopic (exact) mass is 300 g/mol. The van der Waals surface area contributed by atoms with Crippen LogP contribution in [0.15, 0.2) is 18.2 Å². The molecule has 0 radical (unpaired) electrons. The lowest BCUT2D eigenvalue weighted by Gasteiger charge is -2.25. The average molecular weight is 300 g/mol. The highest BCUT2D eigenvalue weighted by Gasteiger charge is 2.15. The summed E-state index contributed by atoms with van der Waals surface area (Å²) in [4.78, 5) is 24.1. The van der Waals surface area contributed by atoms with Crippen LogP contribution in [-0.4, -0.2) is 41.0 Å². The van der Waals surface area contributed by atoms with Gasteiger partial charge in [0.1, 0.15) is 11.6 Å². The summed E-state index contributed by atoms with van der Waals surface area (Å²) in [6.45, 7) is 3.83. The predicted molar refractivity (Wildman–Crippen MR) is 73.9 cm³/mol. The van der Waals surface area contributed by atoms with E-state index < -0.39 is 23.5 Å². The Morgan fingerprint density at radius 1 is 1.24 bits per heavy atom. The molecule has 1 aromatic rings. The van der Waals surface area contributed by atoms with Gasteiger partial charge in [0.15, 0.2) is 0 Å². The number of hydrogen-bond acceptors (Lipinski definition) is 3. The van der Waals surface area contributed by atoms with Crippen molar-refractivity contribution in [1.82, 2.24) is 4.90 Å². The van der Waals surface area contributed by atoms with E-state index in [2.05, 4.69) is 5.32 Å². The number of amides is 1. The van der Waals surface area contributed by atoms with Gasteiger partial charge in [0.05, 0.1) is 13.0 Å². The molecule has 0 atom stereocenters. The third-order valence-electron chi connectivity index (χ3n) is 2.84. The fourth-order valence-corrected chi connectivity index (χ4v) is 1.77. The molecule has 0 spiro atoms. The minimum absolute atomic E-state index is 0.0273. The van der Waals surface area contributed by atoms with Crippen LogP contribution >= 0.6 is 0 Å². The largest absolute Gasteiger partial charge is 0.481 e. The summed E-state index contributed by atoms with van der Waals surface area (Å²) in [5.74, 6) is -2.97. The highest BCUT2D eigenvalue weighted by Crippen LogP contribution is 2.13. The first-order valence-corrected chi connectivity index (χ1v) is 6.49. The zero-order valence-corrected chi connectivity index (χ0v) is 11.9. The average Bonchev–Trinajstić information content (AvgIpc) is 2.32. The maximum absolute atomic E-state index is 13.0. The van der Waals surface area contributed by atoms with E-state index in [1.807, 2.05) is 13.8 Å². The normalized spacial score (nSPS) is 11.0. The number of anilines is 1. The molecular formula is C14H18F2N2O3. The van der Waals surface area contributed by atoms with Crippen molar-refractivity contribution in [3.63, 3.8) is 0 Å². The van der Waals surface area contributed by atoms with Crippen LogP contribution in [0.2, 0.25) is 0 Å².